The van der Waals surface area contributed by atoms with Crippen LogP contribution in [0.2, 0.25) is 0 Å². The Labute approximate surface area is 153 Å². The van der Waals surface area contributed by atoms with Gasteiger partial charge in [-0.15, -0.1) is 0 Å². The Hall–Kier alpha value is -2.69. The van der Waals surface area contributed by atoms with Crippen LogP contribution in [-0.4, -0.2) is 26.4 Å². The van der Waals surface area contributed by atoms with Crippen molar-refractivity contribution in [2.24, 2.45) is 0 Å². The van der Waals surface area contributed by atoms with Crippen molar-refractivity contribution in [3.63, 3.8) is 0 Å². The van der Waals surface area contributed by atoms with E-state index in [1.54, 1.807) is 10.7 Å². The van der Waals surface area contributed by atoms with Crippen molar-refractivity contribution in [1.29, 1.82) is 0 Å². The summed E-state index contributed by atoms with van der Waals surface area (Å²) in [7, 11) is 0. The Bertz CT molecular complexity index is 946. The number of nitrogens with zero attached hydrogens (tertiary/aromatic N) is 3. The highest BCUT2D eigenvalue weighted by atomic mass is 16.1. The lowest BCUT2D eigenvalue weighted by atomic mass is 9.86. The molecule has 1 saturated carbocycles. The molecule has 3 aromatic rings. The van der Waals surface area contributed by atoms with Gasteiger partial charge in [-0.3, -0.25) is 4.79 Å². The quantitative estimate of drug-likeness (QED) is 0.707. The van der Waals surface area contributed by atoms with Gasteiger partial charge in [-0.25, -0.2) is 4.98 Å². The Morgan fingerprint density at radius 3 is 2.58 bits per heavy atom. The number of fused-ring (bicyclic) bond motifs is 1. The zero-order chi connectivity index (χ0) is 18.3. The smallest absolute Gasteiger partial charge is 0.168 e. The number of Topliss-reactive ketones (excluding diaryl/α,β-unsaturated/α-hetero) is 1. The molecule has 0 radical (unpaired) electrons. The van der Waals surface area contributed by atoms with Crippen LogP contribution in [0.15, 0.2) is 42.6 Å². The molecule has 1 aromatic carbocycles. The number of ketones is 1. The molecule has 4 rings (SSSR count). The molecule has 0 unspecified atom stereocenters. The fourth-order valence-electron chi connectivity index (χ4n) is 3.02. The molecule has 1 N–H and O–H groups in total. The van der Waals surface area contributed by atoms with Crippen LogP contribution in [0.4, 0.5) is 5.82 Å². The highest BCUT2D eigenvalue weighted by molar-refractivity contribution is 5.97. The fraction of sp³-hybridized carbons (Fsp3) is 0.381. The first-order valence-corrected chi connectivity index (χ1v) is 9.14. The van der Waals surface area contributed by atoms with Crippen LogP contribution in [-0.2, 0) is 11.8 Å². The van der Waals surface area contributed by atoms with Crippen molar-refractivity contribution in [3.8, 4) is 0 Å². The molecule has 0 aliphatic heterocycles. The van der Waals surface area contributed by atoms with Gasteiger partial charge < -0.3 is 5.32 Å². The molecule has 0 amide bonds. The number of carbonyl (C=O) groups excluding carboxylic acids is 1. The van der Waals surface area contributed by atoms with Crippen molar-refractivity contribution < 1.29 is 4.79 Å². The molecular formula is C21H24N4O. The minimum absolute atomic E-state index is 0.0826. The average Bonchev–Trinajstić information content (AvgIpc) is 3.28. The van der Waals surface area contributed by atoms with Crippen LogP contribution in [0, 0.1) is 0 Å². The van der Waals surface area contributed by atoms with E-state index in [4.69, 9.17) is 0 Å². The predicted molar refractivity (Wildman–Crippen MR) is 103 cm³/mol. The second-order valence-corrected chi connectivity index (χ2v) is 8.08. The molecule has 2 heterocycles. The largest absolute Gasteiger partial charge is 0.367 e. The summed E-state index contributed by atoms with van der Waals surface area (Å²) >= 11 is 0. The van der Waals surface area contributed by atoms with Gasteiger partial charge in [0.15, 0.2) is 11.4 Å². The van der Waals surface area contributed by atoms with Crippen molar-refractivity contribution in [1.82, 2.24) is 14.6 Å². The van der Waals surface area contributed by atoms with E-state index >= 15 is 0 Å². The summed E-state index contributed by atoms with van der Waals surface area (Å²) in [5.74, 6) is 0.993. The molecule has 134 valence electrons. The van der Waals surface area contributed by atoms with Gasteiger partial charge in [0.05, 0.1) is 18.3 Å². The van der Waals surface area contributed by atoms with Crippen LogP contribution >= 0.6 is 0 Å². The summed E-state index contributed by atoms with van der Waals surface area (Å²) < 4.78 is 1.80. The number of benzene rings is 1. The van der Waals surface area contributed by atoms with Crippen LogP contribution in [0.5, 0.6) is 0 Å². The Balaban J connectivity index is 1.57. The van der Waals surface area contributed by atoms with Crippen molar-refractivity contribution in [2.45, 2.75) is 51.5 Å². The van der Waals surface area contributed by atoms with Gasteiger partial charge in [0, 0.05) is 23.7 Å². The van der Waals surface area contributed by atoms with Gasteiger partial charge in [0.25, 0.3) is 0 Å². The van der Waals surface area contributed by atoms with E-state index in [9.17, 15) is 4.79 Å². The summed E-state index contributed by atoms with van der Waals surface area (Å²) in [5.41, 5.74) is 3.57. The van der Waals surface area contributed by atoms with E-state index in [0.717, 1.165) is 22.7 Å². The number of rotatable bonds is 5. The van der Waals surface area contributed by atoms with Crippen LogP contribution in [0.3, 0.4) is 0 Å². The number of anilines is 1. The molecule has 2 aromatic heterocycles. The molecule has 1 fully saturated rings. The molecule has 0 atom stereocenters. The summed E-state index contributed by atoms with van der Waals surface area (Å²) in [6.07, 6.45) is 4.38. The first-order valence-electron chi connectivity index (χ1n) is 9.14. The Morgan fingerprint density at radius 2 is 1.92 bits per heavy atom. The van der Waals surface area contributed by atoms with E-state index in [0.29, 0.717) is 6.04 Å². The Morgan fingerprint density at radius 1 is 1.19 bits per heavy atom. The number of nitrogens with one attached hydrogen (secondary N) is 1. The summed E-state index contributed by atoms with van der Waals surface area (Å²) in [4.78, 5) is 17.3. The van der Waals surface area contributed by atoms with E-state index in [2.05, 4.69) is 36.2 Å². The predicted octanol–water partition coefficient (Wildman–Crippen LogP) is 4.03. The van der Waals surface area contributed by atoms with Gasteiger partial charge in [-0.2, -0.15) is 9.61 Å². The van der Waals surface area contributed by atoms with Gasteiger partial charge in [-0.1, -0.05) is 45.0 Å². The zero-order valence-electron chi connectivity index (χ0n) is 15.5. The maximum absolute atomic E-state index is 12.7. The minimum Gasteiger partial charge on any atom is -0.367 e. The molecule has 1 aliphatic rings. The lowest BCUT2D eigenvalue weighted by molar-refractivity contribution is 0.0992. The molecule has 1 aliphatic carbocycles. The summed E-state index contributed by atoms with van der Waals surface area (Å²) in [5, 5.41) is 7.79. The number of hydrogen-bond acceptors (Lipinski definition) is 4. The first kappa shape index (κ1) is 16.8. The van der Waals surface area contributed by atoms with E-state index < -0.39 is 0 Å². The average molecular weight is 348 g/mol. The lowest BCUT2D eigenvalue weighted by Crippen LogP contribution is -2.13. The molecule has 0 bridgehead atoms. The van der Waals surface area contributed by atoms with E-state index in [-0.39, 0.29) is 17.6 Å². The first-order chi connectivity index (χ1) is 12.4. The number of hydrogen-bond donors (Lipinski definition) is 1. The molecule has 5 heteroatoms. The number of carbonyl (C=O) groups is 1. The lowest BCUT2D eigenvalue weighted by Gasteiger charge is -2.19. The number of aromatic nitrogens is 3. The van der Waals surface area contributed by atoms with E-state index in [1.807, 2.05) is 36.4 Å². The third-order valence-corrected chi connectivity index (χ3v) is 4.76. The van der Waals surface area contributed by atoms with Gasteiger partial charge >= 0.3 is 0 Å². The fourth-order valence-corrected chi connectivity index (χ4v) is 3.02. The second-order valence-electron chi connectivity index (χ2n) is 8.08. The van der Waals surface area contributed by atoms with Crippen LogP contribution < -0.4 is 5.32 Å². The molecule has 5 nitrogen and oxygen atoms in total. The molecule has 26 heavy (non-hydrogen) atoms. The Kier molecular flexibility index (Phi) is 4.02. The monoisotopic (exact) mass is 348 g/mol. The molecular weight excluding hydrogens is 324 g/mol. The summed E-state index contributed by atoms with van der Waals surface area (Å²) in [6, 6.07) is 12.2. The third kappa shape index (κ3) is 3.47. The van der Waals surface area contributed by atoms with Crippen LogP contribution in [0.25, 0.3) is 5.65 Å². The topological polar surface area (TPSA) is 59.3 Å². The second kappa shape index (κ2) is 6.24. The highest BCUT2D eigenvalue weighted by Crippen LogP contribution is 2.26. The van der Waals surface area contributed by atoms with Crippen molar-refractivity contribution in [3.05, 3.63) is 59.4 Å². The molecule has 0 spiro atoms. The maximum atomic E-state index is 12.7. The third-order valence-electron chi connectivity index (χ3n) is 4.76. The maximum Gasteiger partial charge on any atom is 0.168 e. The van der Waals surface area contributed by atoms with E-state index in [1.165, 1.54) is 18.4 Å². The normalized spacial score (nSPS) is 14.6. The van der Waals surface area contributed by atoms with Gasteiger partial charge in [0.2, 0.25) is 0 Å². The summed E-state index contributed by atoms with van der Waals surface area (Å²) in [6.45, 7) is 6.51. The highest BCUT2D eigenvalue weighted by Gasteiger charge is 2.23. The van der Waals surface area contributed by atoms with Gasteiger partial charge in [-0.05, 0) is 23.8 Å². The standard InChI is InChI=1S/C21H24N4O/c1-21(2,3)15-6-4-14(5-7-15)18(26)12-17-13-20(23-16-8-9-16)25-19(24-17)10-11-22-25/h4-7,10-11,13,16,23H,8-9,12H2,1-3H3. The zero-order valence-corrected chi connectivity index (χ0v) is 15.5. The minimum atomic E-state index is 0.0826. The van der Waals surface area contributed by atoms with Crippen LogP contribution in [0.1, 0.15) is 55.2 Å². The van der Waals surface area contributed by atoms with Gasteiger partial charge in [0.1, 0.15) is 5.82 Å². The van der Waals surface area contributed by atoms with Crippen molar-refractivity contribution in [2.75, 3.05) is 5.32 Å². The molecule has 0 saturated heterocycles. The van der Waals surface area contributed by atoms with Crippen molar-refractivity contribution >= 4 is 17.2 Å². The SMILES string of the molecule is CC(C)(C)c1ccc(C(=O)Cc2cc(NC3CC3)n3nccc3n2)cc1.